The van der Waals surface area contributed by atoms with E-state index in [2.05, 4.69) is 24.1 Å². The van der Waals surface area contributed by atoms with E-state index < -0.39 is 0 Å². The monoisotopic (exact) mass is 276 g/mol. The molecule has 1 aliphatic heterocycles. The Morgan fingerprint density at radius 1 is 1.47 bits per heavy atom. The van der Waals surface area contributed by atoms with E-state index in [9.17, 15) is 0 Å². The summed E-state index contributed by atoms with van der Waals surface area (Å²) in [5.41, 5.74) is 6.94. The summed E-state index contributed by atoms with van der Waals surface area (Å²) in [6.07, 6.45) is 1.25. The highest BCUT2D eigenvalue weighted by molar-refractivity contribution is 7.99. The van der Waals surface area contributed by atoms with Crippen LogP contribution < -0.4 is 5.73 Å². The number of fused-ring (bicyclic) bond motifs is 1. The molecule has 0 amide bonds. The van der Waals surface area contributed by atoms with Crippen molar-refractivity contribution in [2.45, 2.75) is 18.5 Å². The number of thioether (sulfide) groups is 1. The number of hydrogen-bond donors (Lipinski definition) is 1. The van der Waals surface area contributed by atoms with Crippen LogP contribution in [0.3, 0.4) is 0 Å². The van der Waals surface area contributed by atoms with Crippen LogP contribution in [0.2, 0.25) is 0 Å². The minimum absolute atomic E-state index is 0.177. The van der Waals surface area contributed by atoms with Crippen molar-refractivity contribution < 1.29 is 4.42 Å². The van der Waals surface area contributed by atoms with Crippen LogP contribution in [0, 0.1) is 0 Å². The van der Waals surface area contributed by atoms with Gasteiger partial charge in [0.1, 0.15) is 11.3 Å². The Balaban J connectivity index is 1.88. The average Bonchev–Trinajstić information content (AvgIpc) is 3.08. The van der Waals surface area contributed by atoms with Gasteiger partial charge in [0.15, 0.2) is 0 Å². The van der Waals surface area contributed by atoms with E-state index in [0.717, 1.165) is 16.7 Å². The Morgan fingerprint density at radius 3 is 3.00 bits per heavy atom. The zero-order valence-corrected chi connectivity index (χ0v) is 12.0. The number of nitrogens with two attached hydrogens (primary N) is 1. The molecular weight excluding hydrogens is 256 g/mol. The third-order valence-corrected chi connectivity index (χ3v) is 5.11. The number of para-hydroxylation sites is 1. The molecule has 2 aromatic rings. The predicted octanol–water partition coefficient (Wildman–Crippen LogP) is 2.87. The van der Waals surface area contributed by atoms with Crippen molar-refractivity contribution >= 4 is 22.7 Å². The van der Waals surface area contributed by atoms with Crippen molar-refractivity contribution in [3.05, 3.63) is 36.1 Å². The molecule has 1 aliphatic rings. The van der Waals surface area contributed by atoms with Gasteiger partial charge >= 0.3 is 0 Å². The zero-order chi connectivity index (χ0) is 13.2. The second kappa shape index (κ2) is 5.57. The fourth-order valence-corrected chi connectivity index (χ4v) is 4.03. The van der Waals surface area contributed by atoms with Gasteiger partial charge in [-0.1, -0.05) is 18.2 Å². The van der Waals surface area contributed by atoms with Crippen molar-refractivity contribution in [3.63, 3.8) is 0 Å². The van der Waals surface area contributed by atoms with E-state index in [0.29, 0.717) is 12.6 Å². The third kappa shape index (κ3) is 2.53. The second-order valence-corrected chi connectivity index (χ2v) is 6.27. The SMILES string of the molecule is CN(C1CCSC1)C(CN)c1cc2ccccc2o1. The zero-order valence-electron chi connectivity index (χ0n) is 11.2. The lowest BCUT2D eigenvalue weighted by Crippen LogP contribution is -2.38. The Bertz CT molecular complexity index is 515. The largest absolute Gasteiger partial charge is 0.459 e. The molecule has 3 rings (SSSR count). The standard InChI is InChI=1S/C15H20N2OS/c1-17(12-6-7-19-10-12)13(9-16)15-8-11-4-2-3-5-14(11)18-15/h2-5,8,12-13H,6-7,9-10,16H2,1H3. The second-order valence-electron chi connectivity index (χ2n) is 5.12. The molecule has 102 valence electrons. The van der Waals surface area contributed by atoms with Crippen molar-refractivity contribution in [2.75, 3.05) is 25.1 Å². The summed E-state index contributed by atoms with van der Waals surface area (Å²) in [5, 5.41) is 1.16. The first kappa shape index (κ1) is 13.0. The van der Waals surface area contributed by atoms with E-state index in [1.165, 1.54) is 17.9 Å². The first-order valence-electron chi connectivity index (χ1n) is 6.78. The van der Waals surface area contributed by atoms with Gasteiger partial charge in [0.25, 0.3) is 0 Å². The maximum absolute atomic E-state index is 5.99. The van der Waals surface area contributed by atoms with Gasteiger partial charge < -0.3 is 10.2 Å². The summed E-state index contributed by atoms with van der Waals surface area (Å²) >= 11 is 2.03. The van der Waals surface area contributed by atoms with Crippen molar-refractivity contribution in [1.82, 2.24) is 4.90 Å². The quantitative estimate of drug-likeness (QED) is 0.932. The molecule has 0 radical (unpaired) electrons. The van der Waals surface area contributed by atoms with Gasteiger partial charge in [0.05, 0.1) is 6.04 Å². The molecule has 2 unspecified atom stereocenters. The van der Waals surface area contributed by atoms with Crippen LogP contribution in [-0.4, -0.2) is 36.0 Å². The number of benzene rings is 1. The van der Waals surface area contributed by atoms with E-state index in [1.54, 1.807) is 0 Å². The topological polar surface area (TPSA) is 42.4 Å². The Morgan fingerprint density at radius 2 is 2.32 bits per heavy atom. The van der Waals surface area contributed by atoms with E-state index in [1.807, 2.05) is 30.0 Å². The minimum Gasteiger partial charge on any atom is -0.459 e. The number of nitrogens with zero attached hydrogens (tertiary/aromatic N) is 1. The highest BCUT2D eigenvalue weighted by atomic mass is 32.2. The molecule has 0 aliphatic carbocycles. The smallest absolute Gasteiger partial charge is 0.134 e. The molecule has 3 nitrogen and oxygen atoms in total. The molecule has 2 N–H and O–H groups in total. The predicted molar refractivity (Wildman–Crippen MR) is 81.5 cm³/mol. The van der Waals surface area contributed by atoms with Gasteiger partial charge in [-0.25, -0.2) is 0 Å². The lowest BCUT2D eigenvalue weighted by molar-refractivity contribution is 0.173. The molecule has 2 atom stereocenters. The Labute approximate surface area is 118 Å². The Hall–Kier alpha value is -0.970. The summed E-state index contributed by atoms with van der Waals surface area (Å²) in [5.74, 6) is 3.45. The molecule has 19 heavy (non-hydrogen) atoms. The van der Waals surface area contributed by atoms with Crippen LogP contribution in [0.4, 0.5) is 0 Å². The molecule has 1 fully saturated rings. The van der Waals surface area contributed by atoms with Crippen LogP contribution >= 0.6 is 11.8 Å². The third-order valence-electron chi connectivity index (χ3n) is 3.97. The summed E-state index contributed by atoms with van der Waals surface area (Å²) in [6, 6.07) is 11.1. The number of likely N-dealkylation sites (N-methyl/N-ethyl adjacent to an activating group) is 1. The molecule has 1 aromatic heterocycles. The molecule has 2 heterocycles. The van der Waals surface area contributed by atoms with Crippen LogP contribution in [0.1, 0.15) is 18.2 Å². The van der Waals surface area contributed by atoms with E-state index >= 15 is 0 Å². The summed E-state index contributed by atoms with van der Waals surface area (Å²) < 4.78 is 5.97. The Kier molecular flexibility index (Phi) is 3.82. The summed E-state index contributed by atoms with van der Waals surface area (Å²) in [7, 11) is 2.17. The van der Waals surface area contributed by atoms with E-state index in [4.69, 9.17) is 10.2 Å². The van der Waals surface area contributed by atoms with Crippen molar-refractivity contribution in [1.29, 1.82) is 0 Å². The van der Waals surface area contributed by atoms with Gasteiger partial charge in [0.2, 0.25) is 0 Å². The number of rotatable bonds is 4. The van der Waals surface area contributed by atoms with Gasteiger partial charge in [-0.2, -0.15) is 11.8 Å². The van der Waals surface area contributed by atoms with Crippen LogP contribution in [0.25, 0.3) is 11.0 Å². The normalized spacial score (nSPS) is 21.3. The molecular formula is C15H20N2OS. The number of furan rings is 1. The fourth-order valence-electron chi connectivity index (χ4n) is 2.75. The lowest BCUT2D eigenvalue weighted by atomic mass is 10.1. The first-order valence-corrected chi connectivity index (χ1v) is 7.93. The van der Waals surface area contributed by atoms with Crippen LogP contribution in [0.5, 0.6) is 0 Å². The van der Waals surface area contributed by atoms with E-state index in [-0.39, 0.29) is 6.04 Å². The summed E-state index contributed by atoms with van der Waals surface area (Å²) in [4.78, 5) is 2.39. The van der Waals surface area contributed by atoms with Gasteiger partial charge in [-0.05, 0) is 31.4 Å². The van der Waals surface area contributed by atoms with Crippen molar-refractivity contribution in [2.24, 2.45) is 5.73 Å². The molecule has 1 saturated heterocycles. The minimum atomic E-state index is 0.177. The lowest BCUT2D eigenvalue weighted by Gasteiger charge is -2.30. The fraction of sp³-hybridized carbons (Fsp3) is 0.467. The highest BCUT2D eigenvalue weighted by Gasteiger charge is 2.28. The van der Waals surface area contributed by atoms with Crippen LogP contribution in [0.15, 0.2) is 34.7 Å². The van der Waals surface area contributed by atoms with Gasteiger partial charge in [-0.15, -0.1) is 0 Å². The van der Waals surface area contributed by atoms with Gasteiger partial charge in [-0.3, -0.25) is 4.90 Å². The molecule has 0 bridgehead atoms. The maximum atomic E-state index is 5.99. The molecule has 0 spiro atoms. The summed E-state index contributed by atoms with van der Waals surface area (Å²) in [6.45, 7) is 0.595. The highest BCUT2D eigenvalue weighted by Crippen LogP contribution is 2.31. The van der Waals surface area contributed by atoms with Gasteiger partial charge in [0, 0.05) is 23.7 Å². The number of hydrogen-bond acceptors (Lipinski definition) is 4. The van der Waals surface area contributed by atoms with Crippen molar-refractivity contribution in [3.8, 4) is 0 Å². The van der Waals surface area contributed by atoms with Crippen LogP contribution in [-0.2, 0) is 0 Å². The maximum Gasteiger partial charge on any atom is 0.134 e. The molecule has 4 heteroatoms. The average molecular weight is 276 g/mol. The molecule has 1 aromatic carbocycles. The first-order chi connectivity index (χ1) is 9.29. The molecule has 0 saturated carbocycles.